The minimum Gasteiger partial charge on any atom is -0.746 e. The quantitative estimate of drug-likeness (QED) is 0.445. The number of hydrogen-bond donors (Lipinski definition) is 1. The summed E-state index contributed by atoms with van der Waals surface area (Å²) < 4.78 is 32.2. The molecule has 0 amide bonds. The SMILES string of the molecule is CCCCC(O)(CCC)S(=O)(=O)[O-].[K+]. The summed E-state index contributed by atoms with van der Waals surface area (Å²) in [6, 6.07) is 0. The Morgan fingerprint density at radius 2 is 1.71 bits per heavy atom. The van der Waals surface area contributed by atoms with Crippen molar-refractivity contribution in [3.63, 3.8) is 0 Å². The van der Waals surface area contributed by atoms with Crippen molar-refractivity contribution in [3.05, 3.63) is 0 Å². The minimum absolute atomic E-state index is 0. The van der Waals surface area contributed by atoms with Crippen molar-refractivity contribution in [2.45, 2.75) is 50.9 Å². The third-order valence-electron chi connectivity index (χ3n) is 2.03. The van der Waals surface area contributed by atoms with Crippen LogP contribution in [0.1, 0.15) is 46.0 Å². The van der Waals surface area contributed by atoms with Crippen LogP contribution in [0.3, 0.4) is 0 Å². The Balaban J connectivity index is 0. The van der Waals surface area contributed by atoms with E-state index in [1.54, 1.807) is 6.92 Å². The van der Waals surface area contributed by atoms with Gasteiger partial charge >= 0.3 is 51.4 Å². The average molecular weight is 248 g/mol. The Hall–Kier alpha value is 1.51. The van der Waals surface area contributed by atoms with Gasteiger partial charge in [-0.05, 0) is 19.3 Å². The summed E-state index contributed by atoms with van der Waals surface area (Å²) >= 11 is 0. The molecule has 0 fully saturated rings. The van der Waals surface area contributed by atoms with Crippen molar-refractivity contribution < 1.29 is 69.5 Å². The summed E-state index contributed by atoms with van der Waals surface area (Å²) in [4.78, 5) is -2.04. The first-order chi connectivity index (χ1) is 5.87. The van der Waals surface area contributed by atoms with E-state index in [4.69, 9.17) is 0 Å². The maximum absolute atomic E-state index is 10.7. The van der Waals surface area contributed by atoms with E-state index in [-0.39, 0.29) is 64.2 Å². The van der Waals surface area contributed by atoms with Crippen LogP contribution in [-0.2, 0) is 10.1 Å². The van der Waals surface area contributed by atoms with E-state index in [9.17, 15) is 18.1 Å². The van der Waals surface area contributed by atoms with Gasteiger partial charge in [0, 0.05) is 0 Å². The first-order valence-corrected chi connectivity index (χ1v) is 5.96. The molecule has 0 aliphatic heterocycles. The predicted octanol–water partition coefficient (Wildman–Crippen LogP) is -1.79. The smallest absolute Gasteiger partial charge is 0.746 e. The van der Waals surface area contributed by atoms with Crippen LogP contribution in [0.25, 0.3) is 0 Å². The van der Waals surface area contributed by atoms with E-state index >= 15 is 0 Å². The van der Waals surface area contributed by atoms with Crippen molar-refractivity contribution in [2.24, 2.45) is 0 Å². The van der Waals surface area contributed by atoms with Crippen molar-refractivity contribution >= 4 is 10.1 Å². The number of unbranched alkanes of at least 4 members (excludes halogenated alkanes) is 1. The zero-order chi connectivity index (χ0) is 10.5. The molecule has 0 aromatic rings. The fourth-order valence-corrected chi connectivity index (χ4v) is 2.07. The molecule has 0 aromatic heterocycles. The van der Waals surface area contributed by atoms with Crippen LogP contribution >= 0.6 is 0 Å². The third kappa shape index (κ3) is 5.55. The second-order valence-corrected chi connectivity index (χ2v) is 4.92. The molecule has 0 radical (unpaired) electrons. The zero-order valence-corrected chi connectivity index (χ0v) is 13.1. The molecule has 1 atom stereocenters. The fraction of sp³-hybridized carbons (Fsp3) is 1.00. The Labute approximate surface area is 129 Å². The van der Waals surface area contributed by atoms with Crippen molar-refractivity contribution in [3.8, 4) is 0 Å². The third-order valence-corrected chi connectivity index (χ3v) is 3.37. The largest absolute Gasteiger partial charge is 1.00 e. The fourth-order valence-electron chi connectivity index (χ4n) is 1.22. The normalized spacial score (nSPS) is 15.7. The molecular formula is C8H17KO4S. The number of rotatable bonds is 6. The summed E-state index contributed by atoms with van der Waals surface area (Å²) in [6.45, 7) is 3.62. The molecule has 1 unspecified atom stereocenters. The molecular weight excluding hydrogens is 231 g/mol. The van der Waals surface area contributed by atoms with Crippen LogP contribution in [0.4, 0.5) is 0 Å². The number of hydrogen-bond acceptors (Lipinski definition) is 4. The molecule has 0 aromatic carbocycles. The molecule has 0 spiro atoms. The van der Waals surface area contributed by atoms with E-state index in [1.165, 1.54) is 0 Å². The summed E-state index contributed by atoms with van der Waals surface area (Å²) in [5.41, 5.74) is 0. The average Bonchev–Trinajstić information content (AvgIpc) is 1.99. The second kappa shape index (κ2) is 7.73. The number of aliphatic hydroxyl groups is 1. The van der Waals surface area contributed by atoms with Crippen LogP contribution in [0.5, 0.6) is 0 Å². The first-order valence-electron chi connectivity index (χ1n) is 4.55. The molecule has 1 N–H and O–H groups in total. The Bertz CT molecular complexity index is 240. The molecule has 0 aliphatic carbocycles. The molecule has 14 heavy (non-hydrogen) atoms. The molecule has 0 saturated carbocycles. The van der Waals surface area contributed by atoms with Gasteiger partial charge in [0.15, 0.2) is 4.93 Å². The standard InChI is InChI=1S/C8H18O4S.K/c1-3-5-7-8(9,6-4-2)13(10,11)12;/h9H,3-7H2,1-2H3,(H,10,11,12);/q;+1/p-1. The summed E-state index contributed by atoms with van der Waals surface area (Å²) in [5, 5.41) is 9.58. The van der Waals surface area contributed by atoms with E-state index in [0.717, 1.165) is 6.42 Å². The summed E-state index contributed by atoms with van der Waals surface area (Å²) in [7, 11) is -4.59. The Morgan fingerprint density at radius 3 is 2.00 bits per heavy atom. The van der Waals surface area contributed by atoms with Crippen LogP contribution in [0.2, 0.25) is 0 Å². The van der Waals surface area contributed by atoms with Crippen LogP contribution in [0, 0.1) is 0 Å². The molecule has 0 rings (SSSR count). The predicted molar refractivity (Wildman–Crippen MR) is 49.1 cm³/mol. The molecule has 80 valence electrons. The van der Waals surface area contributed by atoms with Gasteiger partial charge < -0.3 is 9.66 Å². The van der Waals surface area contributed by atoms with Crippen LogP contribution in [-0.4, -0.2) is 23.0 Å². The molecule has 0 bridgehead atoms. The Morgan fingerprint density at radius 1 is 1.21 bits per heavy atom. The summed E-state index contributed by atoms with van der Waals surface area (Å²) in [5.74, 6) is 0. The monoisotopic (exact) mass is 248 g/mol. The minimum atomic E-state index is -4.59. The molecule has 6 heteroatoms. The van der Waals surface area contributed by atoms with E-state index in [2.05, 4.69) is 0 Å². The zero-order valence-electron chi connectivity index (χ0n) is 9.12. The van der Waals surface area contributed by atoms with Crippen molar-refractivity contribution in [2.75, 3.05) is 0 Å². The summed E-state index contributed by atoms with van der Waals surface area (Å²) in [6.07, 6.45) is 1.88. The van der Waals surface area contributed by atoms with Crippen LogP contribution < -0.4 is 51.4 Å². The van der Waals surface area contributed by atoms with Gasteiger partial charge in [0.1, 0.15) is 10.1 Å². The van der Waals surface area contributed by atoms with Crippen molar-refractivity contribution in [1.29, 1.82) is 0 Å². The van der Waals surface area contributed by atoms with Gasteiger partial charge in [0.25, 0.3) is 0 Å². The second-order valence-electron chi connectivity index (χ2n) is 3.25. The molecule has 0 heterocycles. The van der Waals surface area contributed by atoms with Gasteiger partial charge in [-0.1, -0.05) is 26.7 Å². The first kappa shape index (κ1) is 17.9. The molecule has 0 aliphatic rings. The van der Waals surface area contributed by atoms with E-state index in [0.29, 0.717) is 12.8 Å². The van der Waals surface area contributed by atoms with E-state index < -0.39 is 15.1 Å². The van der Waals surface area contributed by atoms with Gasteiger partial charge in [0.2, 0.25) is 0 Å². The van der Waals surface area contributed by atoms with Gasteiger partial charge in [-0.2, -0.15) is 0 Å². The molecule has 0 saturated heterocycles. The van der Waals surface area contributed by atoms with Gasteiger partial charge in [-0.15, -0.1) is 0 Å². The molecule has 4 nitrogen and oxygen atoms in total. The topological polar surface area (TPSA) is 77.4 Å². The van der Waals surface area contributed by atoms with E-state index in [1.807, 2.05) is 6.92 Å². The van der Waals surface area contributed by atoms with Gasteiger partial charge in [0.05, 0.1) is 0 Å². The van der Waals surface area contributed by atoms with Gasteiger partial charge in [-0.3, -0.25) is 0 Å². The van der Waals surface area contributed by atoms with Crippen LogP contribution in [0.15, 0.2) is 0 Å². The maximum Gasteiger partial charge on any atom is 1.00 e. The Kier molecular flexibility index (Phi) is 9.87. The van der Waals surface area contributed by atoms with Gasteiger partial charge in [-0.25, -0.2) is 8.42 Å². The van der Waals surface area contributed by atoms with Crippen molar-refractivity contribution in [1.82, 2.24) is 0 Å². The maximum atomic E-state index is 10.7.